The molecular formula is C28H27N3O4. The van der Waals surface area contributed by atoms with Crippen molar-refractivity contribution >= 4 is 23.4 Å². The molecule has 0 spiro atoms. The van der Waals surface area contributed by atoms with E-state index in [9.17, 15) is 14.4 Å². The van der Waals surface area contributed by atoms with Gasteiger partial charge in [-0.15, -0.1) is 0 Å². The number of nitrogens with one attached hydrogen (secondary N) is 3. The van der Waals surface area contributed by atoms with Gasteiger partial charge in [0.15, 0.2) is 6.10 Å². The van der Waals surface area contributed by atoms with Crippen LogP contribution in [0, 0.1) is 0 Å². The van der Waals surface area contributed by atoms with Gasteiger partial charge in [-0.25, -0.2) is 0 Å². The van der Waals surface area contributed by atoms with Gasteiger partial charge in [-0.1, -0.05) is 54.6 Å². The number of benzene rings is 3. The van der Waals surface area contributed by atoms with Crippen molar-refractivity contribution in [3.63, 3.8) is 0 Å². The van der Waals surface area contributed by atoms with Crippen LogP contribution in [0.3, 0.4) is 0 Å². The molecule has 0 radical (unpaired) electrons. The number of fused-ring (bicyclic) bond motifs is 1. The second-order valence-electron chi connectivity index (χ2n) is 8.99. The third-order valence-electron chi connectivity index (χ3n) is 6.16. The number of carbonyl (C=O) groups excluding carboxylic acids is 3. The standard InChI is InChI=1S/C28H27N3O4/c32-26(31-23(27(33)29-21-13-14-21)15-18-7-2-1-3-8-18)20-10-6-11-22(16-20)30-28(34)25-17-19-9-4-5-12-24(19)35-25/h1-12,16,21,23,25H,13-15,17H2,(H,29,33)(H,30,34)(H,31,32). The molecule has 1 fully saturated rings. The van der Waals surface area contributed by atoms with Gasteiger partial charge in [-0.3, -0.25) is 14.4 Å². The minimum Gasteiger partial charge on any atom is -0.480 e. The number of hydrogen-bond acceptors (Lipinski definition) is 4. The molecular weight excluding hydrogens is 442 g/mol. The maximum Gasteiger partial charge on any atom is 0.265 e. The summed E-state index contributed by atoms with van der Waals surface area (Å²) >= 11 is 0. The lowest BCUT2D eigenvalue weighted by Crippen LogP contribution is -2.48. The van der Waals surface area contributed by atoms with Crippen molar-refractivity contribution in [2.75, 3.05) is 5.32 Å². The fourth-order valence-electron chi connectivity index (χ4n) is 4.12. The fraction of sp³-hybridized carbons (Fsp3) is 0.250. The van der Waals surface area contributed by atoms with Crippen molar-refractivity contribution in [2.24, 2.45) is 0 Å². The minimum atomic E-state index is -0.700. The average Bonchev–Trinajstić information content (AvgIpc) is 3.58. The lowest BCUT2D eigenvalue weighted by Gasteiger charge is -2.19. The molecule has 2 unspecified atom stereocenters. The summed E-state index contributed by atoms with van der Waals surface area (Å²) < 4.78 is 5.76. The molecule has 0 bridgehead atoms. The molecule has 1 aliphatic carbocycles. The monoisotopic (exact) mass is 469 g/mol. The van der Waals surface area contributed by atoms with Gasteiger partial charge in [-0.2, -0.15) is 0 Å². The first-order valence-electron chi connectivity index (χ1n) is 11.9. The summed E-state index contributed by atoms with van der Waals surface area (Å²) in [5.74, 6) is -0.121. The van der Waals surface area contributed by atoms with Gasteiger partial charge in [0, 0.05) is 30.1 Å². The zero-order chi connectivity index (χ0) is 24.2. The van der Waals surface area contributed by atoms with Crippen LogP contribution in [0.15, 0.2) is 78.9 Å². The van der Waals surface area contributed by atoms with Crippen LogP contribution >= 0.6 is 0 Å². The van der Waals surface area contributed by atoms with Gasteiger partial charge in [0.2, 0.25) is 5.91 Å². The Morgan fingerprint density at radius 2 is 1.69 bits per heavy atom. The Balaban J connectivity index is 1.24. The number of para-hydroxylation sites is 1. The van der Waals surface area contributed by atoms with Gasteiger partial charge in [0.25, 0.3) is 11.8 Å². The molecule has 2 aliphatic rings. The second-order valence-corrected chi connectivity index (χ2v) is 8.99. The summed E-state index contributed by atoms with van der Waals surface area (Å²) in [6.07, 6.45) is 2.21. The number of rotatable bonds is 8. The van der Waals surface area contributed by atoms with E-state index in [2.05, 4.69) is 16.0 Å². The van der Waals surface area contributed by atoms with E-state index in [1.807, 2.05) is 54.6 Å². The van der Waals surface area contributed by atoms with Gasteiger partial charge in [0.05, 0.1) is 0 Å². The first kappa shape index (κ1) is 22.7. The zero-order valence-electron chi connectivity index (χ0n) is 19.2. The number of anilines is 1. The Morgan fingerprint density at radius 1 is 0.914 bits per heavy atom. The van der Waals surface area contributed by atoms with Crippen LogP contribution in [-0.4, -0.2) is 35.9 Å². The van der Waals surface area contributed by atoms with E-state index in [4.69, 9.17) is 4.74 Å². The molecule has 0 aromatic heterocycles. The van der Waals surface area contributed by atoms with Crippen LogP contribution in [0.4, 0.5) is 5.69 Å². The first-order valence-corrected chi connectivity index (χ1v) is 11.9. The average molecular weight is 470 g/mol. The first-order chi connectivity index (χ1) is 17.0. The largest absolute Gasteiger partial charge is 0.480 e. The highest BCUT2D eigenvalue weighted by atomic mass is 16.5. The maximum atomic E-state index is 13.1. The van der Waals surface area contributed by atoms with Crippen molar-refractivity contribution in [1.29, 1.82) is 0 Å². The quantitative estimate of drug-likeness (QED) is 0.472. The SMILES string of the molecule is O=C(NC(Cc1ccccc1)C(=O)NC1CC1)c1cccc(NC(=O)C2Cc3ccccc3O2)c1. The van der Waals surface area contributed by atoms with Crippen LogP contribution in [0.1, 0.15) is 34.3 Å². The molecule has 3 aromatic rings. The van der Waals surface area contributed by atoms with Gasteiger partial charge >= 0.3 is 0 Å². The third kappa shape index (κ3) is 5.69. The molecule has 7 nitrogen and oxygen atoms in total. The predicted molar refractivity (Wildman–Crippen MR) is 132 cm³/mol. The highest BCUT2D eigenvalue weighted by Crippen LogP contribution is 2.28. The number of amides is 3. The van der Waals surface area contributed by atoms with Crippen LogP contribution in [-0.2, 0) is 22.4 Å². The van der Waals surface area contributed by atoms with Crippen LogP contribution in [0.5, 0.6) is 5.75 Å². The van der Waals surface area contributed by atoms with Crippen molar-refractivity contribution in [3.8, 4) is 5.75 Å². The van der Waals surface area contributed by atoms with E-state index in [1.54, 1.807) is 24.3 Å². The van der Waals surface area contributed by atoms with Gasteiger partial charge in [-0.05, 0) is 48.2 Å². The van der Waals surface area contributed by atoms with E-state index >= 15 is 0 Å². The van der Waals surface area contributed by atoms with Gasteiger partial charge in [0.1, 0.15) is 11.8 Å². The molecule has 5 rings (SSSR count). The number of carbonyl (C=O) groups is 3. The lowest BCUT2D eigenvalue weighted by molar-refractivity contribution is -0.123. The normalized spacial score (nSPS) is 17.0. The molecule has 178 valence electrons. The summed E-state index contributed by atoms with van der Waals surface area (Å²) in [6, 6.07) is 23.4. The van der Waals surface area contributed by atoms with Crippen LogP contribution in [0.2, 0.25) is 0 Å². The molecule has 3 aromatic carbocycles. The topological polar surface area (TPSA) is 96.5 Å². The number of hydrogen-bond donors (Lipinski definition) is 3. The third-order valence-corrected chi connectivity index (χ3v) is 6.16. The molecule has 1 heterocycles. The fourth-order valence-corrected chi connectivity index (χ4v) is 4.12. The Bertz CT molecular complexity index is 1210. The molecule has 1 saturated carbocycles. The van der Waals surface area contributed by atoms with E-state index < -0.39 is 12.1 Å². The maximum absolute atomic E-state index is 13.1. The molecule has 35 heavy (non-hydrogen) atoms. The molecule has 3 N–H and O–H groups in total. The summed E-state index contributed by atoms with van der Waals surface area (Å²) in [4.78, 5) is 38.6. The molecule has 7 heteroatoms. The smallest absolute Gasteiger partial charge is 0.265 e. The highest BCUT2D eigenvalue weighted by molar-refractivity contribution is 6.00. The van der Waals surface area contributed by atoms with Crippen molar-refractivity contribution in [3.05, 3.63) is 95.6 Å². The van der Waals surface area contributed by atoms with Crippen molar-refractivity contribution in [2.45, 2.75) is 43.9 Å². The Labute approximate surface area is 203 Å². The molecule has 3 amide bonds. The Morgan fingerprint density at radius 3 is 2.46 bits per heavy atom. The van der Waals surface area contributed by atoms with Crippen molar-refractivity contribution in [1.82, 2.24) is 10.6 Å². The molecule has 2 atom stereocenters. The van der Waals surface area contributed by atoms with E-state index in [1.165, 1.54) is 0 Å². The minimum absolute atomic E-state index is 0.188. The van der Waals surface area contributed by atoms with Crippen molar-refractivity contribution < 1.29 is 19.1 Å². The zero-order valence-corrected chi connectivity index (χ0v) is 19.2. The highest BCUT2D eigenvalue weighted by Gasteiger charge is 2.30. The van der Waals surface area contributed by atoms with E-state index in [0.29, 0.717) is 24.1 Å². The van der Waals surface area contributed by atoms with E-state index in [-0.39, 0.29) is 23.8 Å². The number of ether oxygens (including phenoxy) is 1. The molecule has 0 saturated heterocycles. The predicted octanol–water partition coefficient (Wildman–Crippen LogP) is 3.25. The van der Waals surface area contributed by atoms with Gasteiger partial charge < -0.3 is 20.7 Å². The second kappa shape index (κ2) is 10.0. The summed E-state index contributed by atoms with van der Waals surface area (Å²) in [5.41, 5.74) is 2.80. The summed E-state index contributed by atoms with van der Waals surface area (Å²) in [6.45, 7) is 0. The lowest BCUT2D eigenvalue weighted by atomic mass is 10.0. The summed E-state index contributed by atoms with van der Waals surface area (Å²) in [7, 11) is 0. The van der Waals surface area contributed by atoms with Crippen LogP contribution in [0.25, 0.3) is 0 Å². The van der Waals surface area contributed by atoms with E-state index in [0.717, 1.165) is 29.7 Å². The summed E-state index contributed by atoms with van der Waals surface area (Å²) in [5, 5.41) is 8.70. The Hall–Kier alpha value is -4.13. The Kier molecular flexibility index (Phi) is 6.48. The van der Waals surface area contributed by atoms with Crippen LogP contribution < -0.4 is 20.7 Å². The molecule has 1 aliphatic heterocycles.